The quantitative estimate of drug-likeness (QED) is 0.897. The van der Waals surface area contributed by atoms with Gasteiger partial charge in [-0.05, 0) is 36.2 Å². The summed E-state index contributed by atoms with van der Waals surface area (Å²) >= 11 is 12.9. The summed E-state index contributed by atoms with van der Waals surface area (Å²) in [6, 6.07) is 6.94. The van der Waals surface area contributed by atoms with Crippen LogP contribution in [0.15, 0.2) is 18.2 Å². The van der Waals surface area contributed by atoms with Gasteiger partial charge in [0.15, 0.2) is 5.15 Å². The molecular weight excluding hydrogens is 346 g/mol. The summed E-state index contributed by atoms with van der Waals surface area (Å²) in [5, 5.41) is 13.4. The van der Waals surface area contributed by atoms with Gasteiger partial charge in [0.1, 0.15) is 22.5 Å². The fraction of sp³-hybridized carbons (Fsp3) is 0.286. The van der Waals surface area contributed by atoms with Crippen LogP contribution in [0.1, 0.15) is 12.0 Å². The lowest BCUT2D eigenvalue weighted by molar-refractivity contribution is 0.628. The Morgan fingerprint density at radius 1 is 1.45 bits per heavy atom. The number of rotatable bonds is 3. The molecule has 1 aromatic carbocycles. The van der Waals surface area contributed by atoms with Gasteiger partial charge >= 0.3 is 0 Å². The van der Waals surface area contributed by atoms with Crippen molar-refractivity contribution in [3.8, 4) is 6.07 Å². The summed E-state index contributed by atoms with van der Waals surface area (Å²) < 4.78 is 17.2. The molecule has 1 aromatic heterocycles. The molecule has 1 atom stereocenters. The van der Waals surface area contributed by atoms with Gasteiger partial charge in [-0.1, -0.05) is 23.2 Å². The predicted octanol–water partition coefficient (Wildman–Crippen LogP) is 4.15. The number of benzene rings is 1. The van der Waals surface area contributed by atoms with E-state index in [4.69, 9.17) is 28.5 Å². The van der Waals surface area contributed by atoms with E-state index in [0.29, 0.717) is 10.6 Å². The lowest BCUT2D eigenvalue weighted by atomic mass is 10.2. The number of halogens is 3. The molecule has 0 saturated carbocycles. The van der Waals surface area contributed by atoms with Gasteiger partial charge in [0.2, 0.25) is 0 Å². The van der Waals surface area contributed by atoms with Crippen molar-refractivity contribution in [3.63, 3.8) is 0 Å². The molecule has 1 unspecified atom stereocenters. The standard InChI is InChI=1S/C14H11Cl2FN4S/c15-11-5-9(1-2-12(11)17)21-4-3-8(7-21)19-14-10(6-18)13(16)20-22-14/h1-2,5,8,19H,3-4,7H2. The highest BCUT2D eigenvalue weighted by Gasteiger charge is 2.25. The van der Waals surface area contributed by atoms with Crippen LogP contribution in [0, 0.1) is 17.1 Å². The van der Waals surface area contributed by atoms with Gasteiger partial charge in [0, 0.05) is 24.8 Å². The Kier molecular flexibility index (Phi) is 4.39. The number of hydrogen-bond acceptors (Lipinski definition) is 5. The van der Waals surface area contributed by atoms with E-state index in [0.717, 1.165) is 25.2 Å². The van der Waals surface area contributed by atoms with Gasteiger partial charge < -0.3 is 10.2 Å². The summed E-state index contributed by atoms with van der Waals surface area (Å²) in [7, 11) is 0. The molecule has 0 amide bonds. The highest BCUT2D eigenvalue weighted by molar-refractivity contribution is 7.10. The number of nitrogens with zero attached hydrogens (tertiary/aromatic N) is 3. The van der Waals surface area contributed by atoms with Gasteiger partial charge in [-0.25, -0.2) is 4.39 Å². The van der Waals surface area contributed by atoms with Gasteiger partial charge in [0.25, 0.3) is 0 Å². The van der Waals surface area contributed by atoms with Crippen LogP contribution >= 0.6 is 34.7 Å². The number of anilines is 2. The molecular formula is C14H11Cl2FN4S. The van der Waals surface area contributed by atoms with E-state index in [1.54, 1.807) is 12.1 Å². The molecule has 2 heterocycles. The van der Waals surface area contributed by atoms with Crippen LogP contribution in [-0.2, 0) is 0 Å². The third-order valence-electron chi connectivity index (χ3n) is 3.55. The van der Waals surface area contributed by atoms with E-state index in [1.807, 2.05) is 0 Å². The molecule has 1 fully saturated rings. The van der Waals surface area contributed by atoms with Crippen LogP contribution in [-0.4, -0.2) is 23.5 Å². The molecule has 0 aliphatic carbocycles. The van der Waals surface area contributed by atoms with Crippen LogP contribution in [0.4, 0.5) is 15.1 Å². The first-order valence-electron chi connectivity index (χ1n) is 6.60. The van der Waals surface area contributed by atoms with Crippen molar-refractivity contribution in [1.82, 2.24) is 4.37 Å². The minimum Gasteiger partial charge on any atom is -0.370 e. The molecule has 8 heteroatoms. The average Bonchev–Trinajstić information content (AvgIpc) is 3.09. The van der Waals surface area contributed by atoms with Gasteiger partial charge in [0.05, 0.1) is 5.02 Å². The zero-order valence-electron chi connectivity index (χ0n) is 11.3. The molecule has 1 aliphatic heterocycles. The fourth-order valence-corrected chi connectivity index (χ4v) is 3.63. The molecule has 2 aromatic rings. The first-order chi connectivity index (χ1) is 10.6. The zero-order chi connectivity index (χ0) is 15.7. The Hall–Kier alpha value is -1.55. The third-order valence-corrected chi connectivity index (χ3v) is 5.00. The largest absolute Gasteiger partial charge is 0.370 e. The summed E-state index contributed by atoms with van der Waals surface area (Å²) in [6.07, 6.45) is 0.898. The average molecular weight is 357 g/mol. The highest BCUT2D eigenvalue weighted by Crippen LogP contribution is 2.31. The normalized spacial score (nSPS) is 17.5. The maximum absolute atomic E-state index is 13.2. The number of nitrogens with one attached hydrogen (secondary N) is 1. The SMILES string of the molecule is N#Cc1c(Cl)nsc1NC1CCN(c2ccc(F)c(Cl)c2)C1. The van der Waals surface area contributed by atoms with Gasteiger partial charge in [-0.2, -0.15) is 9.64 Å². The van der Waals surface area contributed by atoms with Gasteiger partial charge in [-0.3, -0.25) is 0 Å². The Bertz CT molecular complexity index is 743. The lowest BCUT2D eigenvalue weighted by Crippen LogP contribution is -2.25. The van der Waals surface area contributed by atoms with Crippen LogP contribution in [0.5, 0.6) is 0 Å². The van der Waals surface area contributed by atoms with E-state index in [2.05, 4.69) is 20.7 Å². The maximum atomic E-state index is 13.2. The molecule has 1 saturated heterocycles. The van der Waals surface area contributed by atoms with E-state index < -0.39 is 5.82 Å². The first kappa shape index (κ1) is 15.3. The van der Waals surface area contributed by atoms with Crippen molar-refractivity contribution in [2.75, 3.05) is 23.3 Å². The summed E-state index contributed by atoms with van der Waals surface area (Å²) in [4.78, 5) is 2.12. The van der Waals surface area contributed by atoms with E-state index in [9.17, 15) is 4.39 Å². The van der Waals surface area contributed by atoms with Crippen LogP contribution in [0.2, 0.25) is 10.2 Å². The Balaban J connectivity index is 1.70. The Labute approximate surface area is 141 Å². The second kappa shape index (κ2) is 6.29. The zero-order valence-corrected chi connectivity index (χ0v) is 13.6. The van der Waals surface area contributed by atoms with Crippen molar-refractivity contribution >= 4 is 45.4 Å². The van der Waals surface area contributed by atoms with Gasteiger partial charge in [-0.15, -0.1) is 0 Å². The third kappa shape index (κ3) is 2.98. The molecule has 0 bridgehead atoms. The number of nitriles is 1. The maximum Gasteiger partial charge on any atom is 0.162 e. The monoisotopic (exact) mass is 356 g/mol. The van der Waals surface area contributed by atoms with Crippen LogP contribution in [0.3, 0.4) is 0 Å². The van der Waals surface area contributed by atoms with E-state index >= 15 is 0 Å². The minimum atomic E-state index is -0.419. The van der Waals surface area contributed by atoms with Crippen molar-refractivity contribution in [1.29, 1.82) is 5.26 Å². The molecule has 1 N–H and O–H groups in total. The minimum absolute atomic E-state index is 0.120. The predicted molar refractivity (Wildman–Crippen MR) is 87.5 cm³/mol. The smallest absolute Gasteiger partial charge is 0.162 e. The van der Waals surface area contributed by atoms with Crippen molar-refractivity contribution < 1.29 is 4.39 Å². The second-order valence-corrected chi connectivity index (χ2v) is 6.50. The van der Waals surface area contributed by atoms with E-state index in [1.165, 1.54) is 17.6 Å². The molecule has 0 spiro atoms. The first-order valence-corrected chi connectivity index (χ1v) is 8.13. The molecule has 4 nitrogen and oxygen atoms in total. The fourth-order valence-electron chi connectivity index (χ4n) is 2.45. The summed E-state index contributed by atoms with van der Waals surface area (Å²) in [5.41, 5.74) is 1.27. The molecule has 3 rings (SSSR count). The van der Waals surface area contributed by atoms with E-state index in [-0.39, 0.29) is 16.2 Å². The van der Waals surface area contributed by atoms with Crippen molar-refractivity contribution in [2.24, 2.45) is 0 Å². The highest BCUT2D eigenvalue weighted by atomic mass is 35.5. The molecule has 22 heavy (non-hydrogen) atoms. The molecule has 114 valence electrons. The van der Waals surface area contributed by atoms with Crippen LogP contribution < -0.4 is 10.2 Å². The molecule has 0 radical (unpaired) electrons. The number of aromatic nitrogens is 1. The summed E-state index contributed by atoms with van der Waals surface area (Å²) in [6.45, 7) is 1.57. The topological polar surface area (TPSA) is 52.0 Å². The number of hydrogen-bond donors (Lipinski definition) is 1. The lowest BCUT2D eigenvalue weighted by Gasteiger charge is -2.19. The van der Waals surface area contributed by atoms with Crippen LogP contribution in [0.25, 0.3) is 0 Å². The summed E-state index contributed by atoms with van der Waals surface area (Å²) in [5.74, 6) is -0.419. The Morgan fingerprint density at radius 3 is 3.00 bits per heavy atom. The van der Waals surface area contributed by atoms with Crippen molar-refractivity contribution in [3.05, 3.63) is 39.8 Å². The van der Waals surface area contributed by atoms with Crippen molar-refractivity contribution in [2.45, 2.75) is 12.5 Å². The second-order valence-electron chi connectivity index (χ2n) is 4.96. The Morgan fingerprint density at radius 2 is 2.27 bits per heavy atom. The molecule has 1 aliphatic rings.